The van der Waals surface area contributed by atoms with Gasteiger partial charge in [0.15, 0.2) is 6.61 Å². The molecule has 0 aliphatic heterocycles. The molecule has 0 radical (unpaired) electrons. The molecule has 2 rings (SSSR count). The van der Waals surface area contributed by atoms with Crippen molar-refractivity contribution in [2.45, 2.75) is 12.7 Å². The van der Waals surface area contributed by atoms with E-state index in [2.05, 4.69) is 5.32 Å². The van der Waals surface area contributed by atoms with Crippen LogP contribution in [0.5, 0.6) is 5.75 Å². The Hall–Kier alpha value is -2.50. The largest absolute Gasteiger partial charge is 0.484 e. The summed E-state index contributed by atoms with van der Waals surface area (Å²) in [5, 5.41) is 2.52. The number of alkyl halides is 3. The van der Waals surface area contributed by atoms with Crippen LogP contribution in [0.25, 0.3) is 0 Å². The van der Waals surface area contributed by atoms with Crippen LogP contribution in [-0.2, 0) is 17.5 Å². The molecule has 0 aliphatic carbocycles. The summed E-state index contributed by atoms with van der Waals surface area (Å²) in [4.78, 5) is 11.6. The van der Waals surface area contributed by atoms with Gasteiger partial charge in [-0.25, -0.2) is 0 Å². The van der Waals surface area contributed by atoms with Gasteiger partial charge in [0.1, 0.15) is 5.75 Å². The Morgan fingerprint density at radius 2 is 1.77 bits per heavy atom. The number of carbonyl (C=O) groups excluding carboxylic acids is 1. The molecule has 1 N–H and O–H groups in total. The predicted molar refractivity (Wildman–Crippen MR) is 75.2 cm³/mol. The van der Waals surface area contributed by atoms with Crippen molar-refractivity contribution >= 4 is 5.91 Å². The zero-order valence-corrected chi connectivity index (χ0v) is 11.6. The van der Waals surface area contributed by atoms with Crippen molar-refractivity contribution in [2.24, 2.45) is 0 Å². The van der Waals surface area contributed by atoms with E-state index in [1.54, 1.807) is 24.3 Å². The normalized spacial score (nSPS) is 11.0. The minimum Gasteiger partial charge on any atom is -0.484 e. The van der Waals surface area contributed by atoms with E-state index in [0.29, 0.717) is 11.3 Å². The maximum absolute atomic E-state index is 12.6. The third-order valence-corrected chi connectivity index (χ3v) is 2.86. The summed E-state index contributed by atoms with van der Waals surface area (Å²) in [5.74, 6) is 0.151. The standard InChI is InChI=1S/C16H14F3NO2/c17-16(18,19)13-6-4-5-12(9-13)10-20-15(21)11-22-14-7-2-1-3-8-14/h1-9H,10-11H2,(H,20,21). The molecule has 6 heteroatoms. The smallest absolute Gasteiger partial charge is 0.416 e. The molecule has 0 aromatic heterocycles. The Morgan fingerprint density at radius 1 is 1.05 bits per heavy atom. The summed E-state index contributed by atoms with van der Waals surface area (Å²) in [6.07, 6.45) is -4.39. The van der Waals surface area contributed by atoms with E-state index < -0.39 is 17.6 Å². The number of rotatable bonds is 5. The van der Waals surface area contributed by atoms with Gasteiger partial charge >= 0.3 is 6.18 Å². The molecule has 1 amide bonds. The molecule has 0 saturated heterocycles. The van der Waals surface area contributed by atoms with Crippen molar-refractivity contribution < 1.29 is 22.7 Å². The van der Waals surface area contributed by atoms with Crippen molar-refractivity contribution in [1.82, 2.24) is 5.32 Å². The first-order chi connectivity index (χ1) is 10.4. The first-order valence-corrected chi connectivity index (χ1v) is 6.56. The fourth-order valence-corrected chi connectivity index (χ4v) is 1.77. The maximum Gasteiger partial charge on any atom is 0.416 e. The Balaban J connectivity index is 1.84. The molecule has 2 aromatic carbocycles. The number of halogens is 3. The molecule has 116 valence electrons. The molecule has 0 aliphatic rings. The fourth-order valence-electron chi connectivity index (χ4n) is 1.77. The highest BCUT2D eigenvalue weighted by Gasteiger charge is 2.30. The molecule has 0 saturated carbocycles. The first kappa shape index (κ1) is 15.9. The molecule has 2 aromatic rings. The fraction of sp³-hybridized carbons (Fsp3) is 0.188. The Morgan fingerprint density at radius 3 is 2.45 bits per heavy atom. The average Bonchev–Trinajstić information content (AvgIpc) is 2.51. The van der Waals surface area contributed by atoms with Gasteiger partial charge < -0.3 is 10.1 Å². The van der Waals surface area contributed by atoms with Crippen molar-refractivity contribution in [3.05, 3.63) is 65.7 Å². The Bertz CT molecular complexity index is 627. The molecule has 0 unspecified atom stereocenters. The second-order valence-electron chi connectivity index (χ2n) is 4.58. The summed E-state index contributed by atoms with van der Waals surface area (Å²) in [6.45, 7) is -0.177. The van der Waals surface area contributed by atoms with Gasteiger partial charge in [0, 0.05) is 6.54 Å². The van der Waals surface area contributed by atoms with Crippen molar-refractivity contribution in [3.8, 4) is 5.75 Å². The second-order valence-corrected chi connectivity index (χ2v) is 4.58. The van der Waals surface area contributed by atoms with E-state index in [1.807, 2.05) is 6.07 Å². The number of para-hydroxylation sites is 1. The summed E-state index contributed by atoms with van der Waals surface area (Å²) in [5.41, 5.74) is -0.359. The molecule has 3 nitrogen and oxygen atoms in total. The number of ether oxygens (including phenoxy) is 1. The van der Waals surface area contributed by atoms with E-state index in [-0.39, 0.29) is 13.2 Å². The van der Waals surface area contributed by atoms with Gasteiger partial charge in [0.05, 0.1) is 5.56 Å². The highest BCUT2D eigenvalue weighted by molar-refractivity contribution is 5.77. The lowest BCUT2D eigenvalue weighted by Gasteiger charge is -2.10. The highest BCUT2D eigenvalue weighted by atomic mass is 19.4. The van der Waals surface area contributed by atoms with E-state index in [0.717, 1.165) is 12.1 Å². The topological polar surface area (TPSA) is 38.3 Å². The summed E-state index contributed by atoms with van der Waals surface area (Å²) in [6, 6.07) is 13.6. The van der Waals surface area contributed by atoms with Crippen LogP contribution in [0, 0.1) is 0 Å². The van der Waals surface area contributed by atoms with Crippen LogP contribution in [-0.4, -0.2) is 12.5 Å². The van der Waals surface area contributed by atoms with Crippen LogP contribution in [0.1, 0.15) is 11.1 Å². The van der Waals surface area contributed by atoms with Crippen LogP contribution in [0.15, 0.2) is 54.6 Å². The number of carbonyl (C=O) groups is 1. The molecule has 0 spiro atoms. The van der Waals surface area contributed by atoms with Gasteiger partial charge in [-0.2, -0.15) is 13.2 Å². The molecule has 0 heterocycles. The number of benzene rings is 2. The van der Waals surface area contributed by atoms with Gasteiger partial charge in [-0.15, -0.1) is 0 Å². The number of hydrogen-bond donors (Lipinski definition) is 1. The Labute approximate surface area is 125 Å². The summed E-state index contributed by atoms with van der Waals surface area (Å²) < 4.78 is 42.9. The van der Waals surface area contributed by atoms with Gasteiger partial charge in [-0.1, -0.05) is 30.3 Å². The predicted octanol–water partition coefficient (Wildman–Crippen LogP) is 3.40. The monoisotopic (exact) mass is 309 g/mol. The molecule has 0 fully saturated rings. The zero-order chi connectivity index (χ0) is 16.0. The Kier molecular flexibility index (Phi) is 5.04. The quantitative estimate of drug-likeness (QED) is 0.919. The molecule has 0 atom stereocenters. The van der Waals surface area contributed by atoms with E-state index >= 15 is 0 Å². The zero-order valence-electron chi connectivity index (χ0n) is 11.6. The van der Waals surface area contributed by atoms with Crippen molar-refractivity contribution in [1.29, 1.82) is 0 Å². The van der Waals surface area contributed by atoms with Gasteiger partial charge in [0.25, 0.3) is 5.91 Å². The molecule has 0 bridgehead atoms. The SMILES string of the molecule is O=C(COc1ccccc1)NCc1cccc(C(F)(F)F)c1. The molecular weight excluding hydrogens is 295 g/mol. The van der Waals surface area contributed by atoms with Crippen LogP contribution in [0.4, 0.5) is 13.2 Å². The number of nitrogens with one attached hydrogen (secondary N) is 1. The lowest BCUT2D eigenvalue weighted by atomic mass is 10.1. The second kappa shape index (κ2) is 6.98. The molecular formula is C16H14F3NO2. The van der Waals surface area contributed by atoms with Gasteiger partial charge in [-0.3, -0.25) is 4.79 Å². The number of hydrogen-bond acceptors (Lipinski definition) is 2. The average molecular weight is 309 g/mol. The van der Waals surface area contributed by atoms with Crippen molar-refractivity contribution in [3.63, 3.8) is 0 Å². The minimum atomic E-state index is -4.39. The lowest BCUT2D eigenvalue weighted by molar-refractivity contribution is -0.137. The van der Waals surface area contributed by atoms with E-state index in [4.69, 9.17) is 4.74 Å². The minimum absolute atomic E-state index is 0.0148. The lowest BCUT2D eigenvalue weighted by Crippen LogP contribution is -2.28. The van der Waals surface area contributed by atoms with E-state index in [9.17, 15) is 18.0 Å². The van der Waals surface area contributed by atoms with Gasteiger partial charge in [0.2, 0.25) is 0 Å². The van der Waals surface area contributed by atoms with Gasteiger partial charge in [-0.05, 0) is 29.8 Å². The van der Waals surface area contributed by atoms with Crippen LogP contribution < -0.4 is 10.1 Å². The van der Waals surface area contributed by atoms with Crippen LogP contribution >= 0.6 is 0 Å². The maximum atomic E-state index is 12.6. The first-order valence-electron chi connectivity index (χ1n) is 6.56. The van der Waals surface area contributed by atoms with Crippen LogP contribution in [0.3, 0.4) is 0 Å². The number of amides is 1. The van der Waals surface area contributed by atoms with E-state index in [1.165, 1.54) is 12.1 Å². The molecule has 22 heavy (non-hydrogen) atoms. The highest BCUT2D eigenvalue weighted by Crippen LogP contribution is 2.29. The van der Waals surface area contributed by atoms with Crippen LogP contribution in [0.2, 0.25) is 0 Å². The summed E-state index contributed by atoms with van der Waals surface area (Å²) in [7, 11) is 0. The summed E-state index contributed by atoms with van der Waals surface area (Å²) >= 11 is 0. The third kappa shape index (κ3) is 4.80. The van der Waals surface area contributed by atoms with Crippen molar-refractivity contribution in [2.75, 3.05) is 6.61 Å². The third-order valence-electron chi connectivity index (χ3n) is 2.86.